The van der Waals surface area contributed by atoms with Crippen LogP contribution in [-0.4, -0.2) is 44.4 Å². The molecule has 0 aliphatic carbocycles. The molecule has 2 aliphatic heterocycles. The lowest BCUT2D eigenvalue weighted by atomic mass is 9.84. The van der Waals surface area contributed by atoms with Crippen LogP contribution in [0.1, 0.15) is 36.4 Å². The average Bonchev–Trinajstić information content (AvgIpc) is 3.40. The normalized spacial score (nSPS) is 18.8. The largest absolute Gasteiger partial charge is 0.342 e. The fraction of sp³-hybridized carbons (Fsp3) is 0.360. The first kappa shape index (κ1) is 20.4. The third-order valence-electron chi connectivity index (χ3n) is 6.97. The van der Waals surface area contributed by atoms with Crippen molar-refractivity contribution in [3.05, 3.63) is 88.4 Å². The van der Waals surface area contributed by atoms with Gasteiger partial charge in [-0.05, 0) is 24.0 Å². The van der Waals surface area contributed by atoms with E-state index in [1.54, 1.807) is 6.33 Å². The summed E-state index contributed by atoms with van der Waals surface area (Å²) in [7, 11) is 0. The Hall–Kier alpha value is -3.48. The minimum absolute atomic E-state index is 0.0366. The van der Waals surface area contributed by atoms with Crippen LogP contribution in [0.15, 0.2) is 67.1 Å². The van der Waals surface area contributed by atoms with Crippen LogP contribution in [0.3, 0.4) is 0 Å². The van der Waals surface area contributed by atoms with Crippen LogP contribution in [0, 0.1) is 16.0 Å². The molecular formula is C25H26N4O3. The maximum atomic E-state index is 12.7. The Morgan fingerprint density at radius 3 is 2.56 bits per heavy atom. The van der Waals surface area contributed by atoms with Gasteiger partial charge in [0.2, 0.25) is 11.9 Å². The molecule has 3 heterocycles. The number of carbonyl (C=O) groups excluding carboxylic acids is 1. The van der Waals surface area contributed by atoms with Crippen LogP contribution in [0.25, 0.3) is 11.3 Å². The van der Waals surface area contributed by atoms with Crippen molar-refractivity contribution in [1.82, 2.24) is 14.5 Å². The number of nitro groups is 1. The first-order valence-corrected chi connectivity index (χ1v) is 11.2. The van der Waals surface area contributed by atoms with Crippen LogP contribution in [0.4, 0.5) is 0 Å². The van der Waals surface area contributed by atoms with E-state index < -0.39 is 6.04 Å². The molecule has 2 atom stereocenters. The van der Waals surface area contributed by atoms with E-state index in [1.165, 1.54) is 0 Å². The number of benzene rings is 2. The quantitative estimate of drug-likeness (QED) is 0.438. The number of imidazole rings is 1. The lowest BCUT2D eigenvalue weighted by Gasteiger charge is -2.34. The predicted octanol–water partition coefficient (Wildman–Crippen LogP) is 3.97. The van der Waals surface area contributed by atoms with Gasteiger partial charge in [-0.15, -0.1) is 0 Å². The molecule has 1 aromatic heterocycles. The van der Waals surface area contributed by atoms with Gasteiger partial charge in [0, 0.05) is 35.9 Å². The molecule has 0 bridgehead atoms. The fourth-order valence-electron chi connectivity index (χ4n) is 5.27. The van der Waals surface area contributed by atoms with Gasteiger partial charge in [-0.1, -0.05) is 54.6 Å². The molecule has 164 valence electrons. The number of piperidine rings is 1. The molecule has 3 aromatic rings. The van der Waals surface area contributed by atoms with Crippen LogP contribution < -0.4 is 0 Å². The van der Waals surface area contributed by atoms with Crippen molar-refractivity contribution in [3.8, 4) is 11.3 Å². The van der Waals surface area contributed by atoms with Crippen LogP contribution >= 0.6 is 0 Å². The SMILES string of the molecule is O=C(Cc1ccccc1)N1CCC([C@@H](CC2c3ccccc3-c3cncn32)[N+](=O)[O-])CC1. The van der Waals surface area contributed by atoms with Crippen molar-refractivity contribution < 1.29 is 9.72 Å². The molecule has 0 saturated carbocycles. The van der Waals surface area contributed by atoms with Gasteiger partial charge in [0.05, 0.1) is 30.7 Å². The number of nitrogens with zero attached hydrogens (tertiary/aromatic N) is 4. The van der Waals surface area contributed by atoms with Crippen LogP contribution in [-0.2, 0) is 11.2 Å². The first-order chi connectivity index (χ1) is 15.6. The number of fused-ring (bicyclic) bond motifs is 3. The molecule has 1 amide bonds. The van der Waals surface area contributed by atoms with E-state index in [0.29, 0.717) is 38.8 Å². The third-order valence-corrected chi connectivity index (χ3v) is 6.97. The first-order valence-electron chi connectivity index (χ1n) is 11.2. The predicted molar refractivity (Wildman–Crippen MR) is 121 cm³/mol. The smallest absolute Gasteiger partial charge is 0.226 e. The van der Waals surface area contributed by atoms with Crippen molar-refractivity contribution in [2.45, 2.75) is 37.8 Å². The van der Waals surface area contributed by atoms with E-state index in [1.807, 2.05) is 53.6 Å². The Morgan fingerprint density at radius 1 is 1.09 bits per heavy atom. The highest BCUT2D eigenvalue weighted by atomic mass is 16.6. The molecule has 1 saturated heterocycles. The fourth-order valence-corrected chi connectivity index (χ4v) is 5.27. The second-order valence-electron chi connectivity index (χ2n) is 8.76. The minimum Gasteiger partial charge on any atom is -0.342 e. The molecule has 1 unspecified atom stereocenters. The summed E-state index contributed by atoms with van der Waals surface area (Å²) in [5.74, 6) is 0.0607. The Labute approximate surface area is 186 Å². The summed E-state index contributed by atoms with van der Waals surface area (Å²) in [6.07, 6.45) is 5.76. The monoisotopic (exact) mass is 430 g/mol. The van der Waals surface area contributed by atoms with Crippen molar-refractivity contribution in [1.29, 1.82) is 0 Å². The van der Waals surface area contributed by atoms with Gasteiger partial charge in [-0.25, -0.2) is 4.98 Å². The van der Waals surface area contributed by atoms with E-state index in [9.17, 15) is 14.9 Å². The number of rotatable bonds is 6. The van der Waals surface area contributed by atoms with Crippen molar-refractivity contribution in [2.75, 3.05) is 13.1 Å². The number of hydrogen-bond acceptors (Lipinski definition) is 4. The summed E-state index contributed by atoms with van der Waals surface area (Å²) in [6, 6.07) is 17.1. The second kappa shape index (κ2) is 8.57. The van der Waals surface area contributed by atoms with Crippen LogP contribution in [0.5, 0.6) is 0 Å². The number of amides is 1. The highest BCUT2D eigenvalue weighted by molar-refractivity contribution is 5.78. The van der Waals surface area contributed by atoms with E-state index in [0.717, 1.165) is 22.4 Å². The zero-order chi connectivity index (χ0) is 22.1. The van der Waals surface area contributed by atoms with Crippen molar-refractivity contribution >= 4 is 5.91 Å². The van der Waals surface area contributed by atoms with Crippen LogP contribution in [0.2, 0.25) is 0 Å². The van der Waals surface area contributed by atoms with Gasteiger partial charge < -0.3 is 9.47 Å². The standard InChI is InChI=1S/C25H26N4O3/c30-25(14-18-6-2-1-3-7-18)27-12-10-19(11-13-27)22(29(31)32)15-23-20-8-4-5-9-21(20)24-16-26-17-28(23)24/h1-9,16-17,19,22-23H,10-15H2/t22-,23?/m1/s1. The zero-order valence-electron chi connectivity index (χ0n) is 17.8. The summed E-state index contributed by atoms with van der Waals surface area (Å²) in [5, 5.41) is 12.1. The molecule has 7 heteroatoms. The van der Waals surface area contributed by atoms with Gasteiger partial charge in [0.1, 0.15) is 0 Å². The van der Waals surface area contributed by atoms with Gasteiger partial charge in [0.25, 0.3) is 0 Å². The minimum atomic E-state index is -0.646. The summed E-state index contributed by atoms with van der Waals surface area (Å²) < 4.78 is 2.07. The number of hydrogen-bond donors (Lipinski definition) is 0. The number of likely N-dealkylation sites (tertiary alicyclic amines) is 1. The van der Waals surface area contributed by atoms with E-state index in [4.69, 9.17) is 0 Å². The zero-order valence-corrected chi connectivity index (χ0v) is 17.8. The molecule has 32 heavy (non-hydrogen) atoms. The number of aromatic nitrogens is 2. The second-order valence-corrected chi connectivity index (χ2v) is 8.76. The topological polar surface area (TPSA) is 81.3 Å². The Bertz CT molecular complexity index is 1120. The summed E-state index contributed by atoms with van der Waals surface area (Å²) in [4.78, 5) is 30.8. The number of carbonyl (C=O) groups is 1. The Morgan fingerprint density at radius 2 is 1.81 bits per heavy atom. The summed E-state index contributed by atoms with van der Waals surface area (Å²) >= 11 is 0. The summed E-state index contributed by atoms with van der Waals surface area (Å²) in [6.45, 7) is 1.16. The highest BCUT2D eigenvalue weighted by Crippen LogP contribution is 2.42. The lowest BCUT2D eigenvalue weighted by molar-refractivity contribution is -0.535. The maximum absolute atomic E-state index is 12.7. The molecule has 2 aliphatic rings. The van der Waals surface area contributed by atoms with Gasteiger partial charge in [-0.3, -0.25) is 14.9 Å². The third kappa shape index (κ3) is 3.79. The molecular weight excluding hydrogens is 404 g/mol. The Balaban J connectivity index is 1.26. The van der Waals surface area contributed by atoms with Gasteiger partial charge in [0.15, 0.2) is 0 Å². The molecule has 7 nitrogen and oxygen atoms in total. The van der Waals surface area contributed by atoms with Crippen molar-refractivity contribution in [2.24, 2.45) is 5.92 Å². The lowest BCUT2D eigenvalue weighted by Crippen LogP contribution is -2.44. The molecule has 1 fully saturated rings. The van der Waals surface area contributed by atoms with E-state index in [2.05, 4.69) is 21.7 Å². The average molecular weight is 431 g/mol. The van der Waals surface area contributed by atoms with E-state index in [-0.39, 0.29) is 22.8 Å². The van der Waals surface area contributed by atoms with Gasteiger partial charge in [-0.2, -0.15) is 0 Å². The molecule has 0 N–H and O–H groups in total. The molecule has 5 rings (SSSR count). The van der Waals surface area contributed by atoms with Crippen molar-refractivity contribution in [3.63, 3.8) is 0 Å². The van der Waals surface area contributed by atoms with E-state index >= 15 is 0 Å². The molecule has 0 radical (unpaired) electrons. The summed E-state index contributed by atoms with van der Waals surface area (Å²) in [5.41, 5.74) is 4.26. The Kier molecular flexibility index (Phi) is 5.47. The molecule has 0 spiro atoms. The maximum Gasteiger partial charge on any atom is 0.226 e. The highest BCUT2D eigenvalue weighted by Gasteiger charge is 2.40. The van der Waals surface area contributed by atoms with Gasteiger partial charge >= 0.3 is 0 Å². The molecule has 2 aromatic carbocycles.